The first-order chi connectivity index (χ1) is 12.5. The van der Waals surface area contributed by atoms with Gasteiger partial charge in [-0.2, -0.15) is 4.72 Å². The summed E-state index contributed by atoms with van der Waals surface area (Å²) in [5, 5.41) is 11.0. The van der Waals surface area contributed by atoms with Crippen molar-refractivity contribution in [3.05, 3.63) is 78.4 Å². The molecule has 0 aromatic heterocycles. The predicted molar refractivity (Wildman–Crippen MR) is 98.1 cm³/mol. The largest absolute Gasteiger partial charge is 0.289 e. The van der Waals surface area contributed by atoms with Crippen LogP contribution in [0.4, 0.5) is 0 Å². The van der Waals surface area contributed by atoms with E-state index in [1.807, 2.05) is 42.5 Å². The number of nitrogens with one attached hydrogen (secondary N) is 2. The molecule has 0 saturated heterocycles. The van der Waals surface area contributed by atoms with Gasteiger partial charge in [-0.15, -0.1) is 0 Å². The zero-order valence-electron chi connectivity index (χ0n) is 13.8. The van der Waals surface area contributed by atoms with Crippen LogP contribution in [0.2, 0.25) is 0 Å². The van der Waals surface area contributed by atoms with Crippen molar-refractivity contribution in [2.24, 2.45) is 0 Å². The van der Waals surface area contributed by atoms with Crippen LogP contribution in [0.3, 0.4) is 0 Å². The van der Waals surface area contributed by atoms with E-state index in [1.54, 1.807) is 18.2 Å². The molecule has 1 unspecified atom stereocenters. The molecular weight excluding hydrogens is 352 g/mol. The summed E-state index contributed by atoms with van der Waals surface area (Å²) in [6.07, 6.45) is 0.100. The molecule has 0 aliphatic rings. The molecule has 1 atom stereocenters. The zero-order chi connectivity index (χ0) is 18.6. The van der Waals surface area contributed by atoms with Crippen molar-refractivity contribution in [3.8, 4) is 0 Å². The molecule has 1 amide bonds. The summed E-state index contributed by atoms with van der Waals surface area (Å²) < 4.78 is 27.3. The van der Waals surface area contributed by atoms with Gasteiger partial charge in [0, 0.05) is 0 Å². The molecule has 3 N–H and O–H groups in total. The van der Waals surface area contributed by atoms with Gasteiger partial charge in [-0.3, -0.25) is 10.0 Å². The molecule has 0 fully saturated rings. The van der Waals surface area contributed by atoms with E-state index in [4.69, 9.17) is 5.21 Å². The van der Waals surface area contributed by atoms with E-state index in [9.17, 15) is 13.2 Å². The van der Waals surface area contributed by atoms with Crippen molar-refractivity contribution >= 4 is 26.7 Å². The van der Waals surface area contributed by atoms with E-state index in [2.05, 4.69) is 4.72 Å². The summed E-state index contributed by atoms with van der Waals surface area (Å²) in [7, 11) is -3.90. The van der Waals surface area contributed by atoms with Gasteiger partial charge in [0.15, 0.2) is 0 Å². The number of carbonyl (C=O) groups excluding carboxylic acids is 1. The Bertz CT molecular complexity index is 1020. The lowest BCUT2D eigenvalue weighted by Gasteiger charge is -2.17. The molecule has 0 aliphatic carbocycles. The first-order valence-electron chi connectivity index (χ1n) is 7.98. The minimum absolute atomic E-state index is 0.0502. The Balaban J connectivity index is 1.87. The highest BCUT2D eigenvalue weighted by Gasteiger charge is 2.25. The number of sulfonamides is 1. The first-order valence-corrected chi connectivity index (χ1v) is 9.47. The molecular formula is C19H18N2O4S. The lowest BCUT2D eigenvalue weighted by atomic mass is 10.0. The van der Waals surface area contributed by atoms with Crippen molar-refractivity contribution in [3.63, 3.8) is 0 Å². The number of amides is 1. The Labute approximate surface area is 151 Å². The SMILES string of the molecule is O=C(NO)C(Cc1ccc2ccccc2c1)NS(=O)(=O)c1ccccc1. The van der Waals surface area contributed by atoms with E-state index < -0.39 is 22.0 Å². The Morgan fingerprint density at radius 3 is 2.27 bits per heavy atom. The normalized spacial score (nSPS) is 12.7. The Morgan fingerprint density at radius 2 is 1.58 bits per heavy atom. The summed E-state index contributed by atoms with van der Waals surface area (Å²) in [6.45, 7) is 0. The molecule has 0 saturated carbocycles. The lowest BCUT2D eigenvalue weighted by Crippen LogP contribution is -2.47. The quantitative estimate of drug-likeness (QED) is 0.458. The summed E-state index contributed by atoms with van der Waals surface area (Å²) in [5.41, 5.74) is 2.30. The van der Waals surface area contributed by atoms with Gasteiger partial charge in [0.1, 0.15) is 6.04 Å². The Morgan fingerprint density at radius 1 is 0.923 bits per heavy atom. The second-order valence-corrected chi connectivity index (χ2v) is 7.56. The van der Waals surface area contributed by atoms with Gasteiger partial charge in [0.2, 0.25) is 10.0 Å². The monoisotopic (exact) mass is 370 g/mol. The van der Waals surface area contributed by atoms with Crippen molar-refractivity contribution in [2.45, 2.75) is 17.4 Å². The number of benzene rings is 3. The smallest absolute Gasteiger partial charge is 0.261 e. The van der Waals surface area contributed by atoms with Crippen molar-refractivity contribution in [2.75, 3.05) is 0 Å². The summed E-state index contributed by atoms with van der Waals surface area (Å²) in [6, 6.07) is 20.0. The molecule has 3 rings (SSSR count). The standard InChI is InChI=1S/C19H18N2O4S/c22-19(20-23)18(21-26(24,25)17-8-2-1-3-9-17)13-14-10-11-15-6-4-5-7-16(15)12-14/h1-12,18,21,23H,13H2,(H,20,22). The fraction of sp³-hybridized carbons (Fsp3) is 0.105. The van der Waals surface area contributed by atoms with Gasteiger partial charge in [-0.05, 0) is 34.9 Å². The number of hydrogen-bond donors (Lipinski definition) is 3. The fourth-order valence-electron chi connectivity index (χ4n) is 2.72. The lowest BCUT2D eigenvalue weighted by molar-refractivity contribution is -0.130. The maximum atomic E-state index is 12.5. The second kappa shape index (κ2) is 7.65. The fourth-order valence-corrected chi connectivity index (χ4v) is 3.94. The summed E-state index contributed by atoms with van der Waals surface area (Å²) >= 11 is 0. The third kappa shape index (κ3) is 4.08. The Kier molecular flexibility index (Phi) is 5.32. The topological polar surface area (TPSA) is 95.5 Å². The molecule has 3 aromatic carbocycles. The van der Waals surface area contributed by atoms with Crippen LogP contribution in [0.15, 0.2) is 77.7 Å². The molecule has 0 radical (unpaired) electrons. The van der Waals surface area contributed by atoms with Crippen LogP contribution < -0.4 is 10.2 Å². The second-order valence-electron chi connectivity index (χ2n) is 5.85. The van der Waals surface area contributed by atoms with E-state index in [0.717, 1.165) is 16.3 Å². The van der Waals surface area contributed by atoms with Crippen LogP contribution in [0.25, 0.3) is 10.8 Å². The number of carbonyl (C=O) groups is 1. The van der Waals surface area contributed by atoms with Gasteiger partial charge in [0.05, 0.1) is 4.90 Å². The molecule has 134 valence electrons. The molecule has 26 heavy (non-hydrogen) atoms. The Hall–Kier alpha value is -2.74. The number of fused-ring (bicyclic) bond motifs is 1. The molecule has 7 heteroatoms. The van der Waals surface area contributed by atoms with Gasteiger partial charge < -0.3 is 0 Å². The average molecular weight is 370 g/mol. The third-order valence-electron chi connectivity index (χ3n) is 4.03. The highest BCUT2D eigenvalue weighted by Crippen LogP contribution is 2.17. The number of hydroxylamine groups is 1. The highest BCUT2D eigenvalue weighted by atomic mass is 32.2. The van der Waals surface area contributed by atoms with Gasteiger partial charge in [-0.1, -0.05) is 60.7 Å². The summed E-state index contributed by atoms with van der Waals surface area (Å²) in [4.78, 5) is 12.1. The van der Waals surface area contributed by atoms with E-state index in [-0.39, 0.29) is 11.3 Å². The van der Waals surface area contributed by atoms with Crippen molar-refractivity contribution in [1.82, 2.24) is 10.2 Å². The van der Waals surface area contributed by atoms with Crippen LogP contribution in [0.5, 0.6) is 0 Å². The average Bonchev–Trinajstić information content (AvgIpc) is 2.67. The molecule has 6 nitrogen and oxygen atoms in total. The predicted octanol–water partition coefficient (Wildman–Crippen LogP) is 2.23. The van der Waals surface area contributed by atoms with E-state index in [0.29, 0.717) is 0 Å². The maximum Gasteiger partial charge on any atom is 0.261 e. The van der Waals surface area contributed by atoms with Crippen LogP contribution in [-0.4, -0.2) is 25.6 Å². The van der Waals surface area contributed by atoms with E-state index >= 15 is 0 Å². The van der Waals surface area contributed by atoms with Crippen molar-refractivity contribution in [1.29, 1.82) is 0 Å². The number of hydrogen-bond acceptors (Lipinski definition) is 4. The first kappa shape index (κ1) is 18.1. The maximum absolute atomic E-state index is 12.5. The molecule has 0 spiro atoms. The third-order valence-corrected chi connectivity index (χ3v) is 5.52. The van der Waals surface area contributed by atoms with Crippen molar-refractivity contribution < 1.29 is 18.4 Å². The molecule has 0 heterocycles. The van der Waals surface area contributed by atoms with E-state index in [1.165, 1.54) is 17.6 Å². The molecule has 0 bridgehead atoms. The molecule has 0 aliphatic heterocycles. The summed E-state index contributed by atoms with van der Waals surface area (Å²) in [5.74, 6) is -0.822. The van der Waals surface area contributed by atoms with Gasteiger partial charge in [-0.25, -0.2) is 13.9 Å². The van der Waals surface area contributed by atoms with Crippen LogP contribution in [0.1, 0.15) is 5.56 Å². The van der Waals surface area contributed by atoms with Crippen LogP contribution in [-0.2, 0) is 21.2 Å². The number of rotatable bonds is 6. The van der Waals surface area contributed by atoms with Crippen LogP contribution in [0, 0.1) is 0 Å². The minimum atomic E-state index is -3.90. The minimum Gasteiger partial charge on any atom is -0.289 e. The van der Waals surface area contributed by atoms with Crippen LogP contribution >= 0.6 is 0 Å². The van der Waals surface area contributed by atoms with Gasteiger partial charge in [0.25, 0.3) is 5.91 Å². The van der Waals surface area contributed by atoms with Gasteiger partial charge >= 0.3 is 0 Å². The zero-order valence-corrected chi connectivity index (χ0v) is 14.6. The highest BCUT2D eigenvalue weighted by molar-refractivity contribution is 7.89. The molecule has 3 aromatic rings.